The van der Waals surface area contributed by atoms with Crippen molar-refractivity contribution in [1.29, 1.82) is 0 Å². The molecule has 1 N–H and O–H groups in total. The minimum atomic E-state index is 0.603. The van der Waals surface area contributed by atoms with E-state index in [1.54, 1.807) is 0 Å². The molecule has 0 unspecified atom stereocenters. The lowest BCUT2D eigenvalue weighted by atomic mass is 10.0. The largest absolute Gasteiger partial charge is 0.353 e. The van der Waals surface area contributed by atoms with Gasteiger partial charge in [0, 0.05) is 6.04 Å². The van der Waals surface area contributed by atoms with Gasteiger partial charge in [-0.15, -0.1) is 0 Å². The van der Waals surface area contributed by atoms with Gasteiger partial charge in [0.2, 0.25) is 0 Å². The van der Waals surface area contributed by atoms with E-state index < -0.39 is 0 Å². The highest BCUT2D eigenvalue weighted by atomic mass is 15.1. The smallest absolute Gasteiger partial charge is 0.182 e. The first-order valence-corrected chi connectivity index (χ1v) is 3.49. The van der Waals surface area contributed by atoms with Crippen molar-refractivity contribution in [2.75, 3.05) is 20.1 Å². The van der Waals surface area contributed by atoms with Gasteiger partial charge in [-0.1, -0.05) is 0 Å². The fourth-order valence-corrected chi connectivity index (χ4v) is 1.21. The van der Waals surface area contributed by atoms with Gasteiger partial charge in [-0.2, -0.15) is 0 Å². The predicted octanol–water partition coefficient (Wildman–Crippen LogP) is -0.246. The molecule has 1 rings (SSSR count). The van der Waals surface area contributed by atoms with Gasteiger partial charge in [-0.25, -0.2) is 0 Å². The fourth-order valence-electron chi connectivity index (χ4n) is 1.21. The molecule has 50 valence electrons. The van der Waals surface area contributed by atoms with Crippen molar-refractivity contribution in [2.24, 2.45) is 0 Å². The van der Waals surface area contributed by atoms with Crippen molar-refractivity contribution in [2.45, 2.75) is 18.9 Å². The van der Waals surface area contributed by atoms with Crippen molar-refractivity contribution in [3.8, 4) is 0 Å². The van der Waals surface area contributed by atoms with Crippen molar-refractivity contribution >= 4 is 7.98 Å². The van der Waals surface area contributed by atoms with Crippen LogP contribution in [0.25, 0.3) is 0 Å². The topological polar surface area (TPSA) is 15.3 Å². The number of nitrogens with one attached hydrogen (secondary N) is 1. The lowest BCUT2D eigenvalue weighted by Crippen LogP contribution is -2.39. The van der Waals surface area contributed by atoms with Crippen molar-refractivity contribution in [3.05, 3.63) is 0 Å². The van der Waals surface area contributed by atoms with E-state index in [-0.39, 0.29) is 0 Å². The number of nitrogens with zero attached hydrogens (tertiary/aromatic N) is 1. The highest BCUT2D eigenvalue weighted by Gasteiger charge is 2.13. The number of hydrogen-bond donors (Lipinski definition) is 1. The molecule has 1 heterocycles. The highest BCUT2D eigenvalue weighted by Crippen LogP contribution is 2.06. The lowest BCUT2D eigenvalue weighted by molar-refractivity contribution is 0.308. The van der Waals surface area contributed by atoms with Gasteiger partial charge < -0.3 is 10.1 Å². The summed E-state index contributed by atoms with van der Waals surface area (Å²) in [7, 11) is 7.51. The van der Waals surface area contributed by atoms with Crippen LogP contribution in [-0.2, 0) is 0 Å². The van der Waals surface area contributed by atoms with Gasteiger partial charge in [0.15, 0.2) is 7.98 Å². The van der Waals surface area contributed by atoms with Gasteiger partial charge in [0.1, 0.15) is 0 Å². The highest BCUT2D eigenvalue weighted by molar-refractivity contribution is 6.04. The average molecular weight is 124 g/mol. The molecule has 0 aromatic carbocycles. The summed E-state index contributed by atoms with van der Waals surface area (Å²) in [6, 6.07) is 0.603. The van der Waals surface area contributed by atoms with E-state index in [4.69, 9.17) is 7.98 Å². The second-order valence-corrected chi connectivity index (χ2v) is 2.65. The number of rotatable bonds is 1. The molecule has 3 heteroatoms. The first kappa shape index (κ1) is 7.10. The second-order valence-electron chi connectivity index (χ2n) is 2.65. The molecule has 0 aromatic heterocycles. The fraction of sp³-hybridized carbons (Fsp3) is 1.00. The van der Waals surface area contributed by atoms with Crippen molar-refractivity contribution in [3.63, 3.8) is 0 Å². The molecule has 0 spiro atoms. The summed E-state index contributed by atoms with van der Waals surface area (Å²) in [5, 5.41) is 3.29. The van der Waals surface area contributed by atoms with Crippen LogP contribution in [0.1, 0.15) is 12.8 Å². The molecule has 2 nitrogen and oxygen atoms in total. The zero-order chi connectivity index (χ0) is 6.69. The number of hydrogen-bond acceptors (Lipinski definition) is 2. The molecule has 0 saturated carbocycles. The van der Waals surface area contributed by atoms with Gasteiger partial charge >= 0.3 is 0 Å². The van der Waals surface area contributed by atoms with E-state index in [0.29, 0.717) is 6.04 Å². The molecule has 1 aliphatic heterocycles. The Kier molecular flexibility index (Phi) is 2.55. The molecule has 0 amide bonds. The third-order valence-electron chi connectivity index (χ3n) is 1.88. The molecule has 2 radical (unpaired) electrons. The Bertz CT molecular complexity index is 79.1. The molecule has 0 aromatic rings. The van der Waals surface area contributed by atoms with Gasteiger partial charge in [-0.3, -0.25) is 0 Å². The molecule has 0 atom stereocenters. The molecule has 1 saturated heterocycles. The van der Waals surface area contributed by atoms with Crippen LogP contribution in [-0.4, -0.2) is 39.0 Å². The summed E-state index contributed by atoms with van der Waals surface area (Å²) in [5.74, 6) is 0. The van der Waals surface area contributed by atoms with Crippen LogP contribution in [0, 0.1) is 0 Å². The van der Waals surface area contributed by atoms with E-state index in [0.717, 1.165) is 13.1 Å². The molecular weight excluding hydrogens is 111 g/mol. The minimum Gasteiger partial charge on any atom is -0.353 e. The second kappa shape index (κ2) is 3.23. The Hall–Kier alpha value is -0.0151. The Balaban J connectivity index is 2.23. The van der Waals surface area contributed by atoms with Gasteiger partial charge in [0.25, 0.3) is 0 Å². The zero-order valence-corrected chi connectivity index (χ0v) is 5.93. The quantitative estimate of drug-likeness (QED) is 0.485. The summed E-state index contributed by atoms with van der Waals surface area (Å²) < 4.78 is 0. The van der Waals surface area contributed by atoms with Gasteiger partial charge in [0.05, 0.1) is 0 Å². The zero-order valence-electron chi connectivity index (χ0n) is 5.93. The Morgan fingerprint density at radius 1 is 1.44 bits per heavy atom. The van der Waals surface area contributed by atoms with Gasteiger partial charge in [-0.05, 0) is 33.0 Å². The van der Waals surface area contributed by atoms with Crippen molar-refractivity contribution < 1.29 is 0 Å². The van der Waals surface area contributed by atoms with Crippen LogP contribution < -0.4 is 5.32 Å². The summed E-state index contributed by atoms with van der Waals surface area (Å²) in [4.78, 5) is 1.82. The van der Waals surface area contributed by atoms with Crippen LogP contribution in [0.4, 0.5) is 0 Å². The molecular formula is C6H13BN2. The maximum Gasteiger partial charge on any atom is 0.182 e. The molecule has 0 bridgehead atoms. The van der Waals surface area contributed by atoms with Crippen LogP contribution in [0.2, 0.25) is 0 Å². The maximum atomic E-state index is 5.57. The Labute approximate surface area is 58.0 Å². The first-order chi connectivity index (χ1) is 4.30. The van der Waals surface area contributed by atoms with Crippen LogP contribution in [0.15, 0.2) is 0 Å². The summed E-state index contributed by atoms with van der Waals surface area (Å²) in [6.45, 7) is 2.23. The Morgan fingerprint density at radius 2 is 2.00 bits per heavy atom. The monoisotopic (exact) mass is 124 g/mol. The molecule has 9 heavy (non-hydrogen) atoms. The molecule has 0 aliphatic carbocycles. The SMILES string of the molecule is [B]N(C)C1CCNCC1. The normalized spacial score (nSPS) is 22.9. The van der Waals surface area contributed by atoms with Crippen LogP contribution in [0.5, 0.6) is 0 Å². The van der Waals surface area contributed by atoms with E-state index in [1.807, 2.05) is 11.9 Å². The predicted molar refractivity (Wildman–Crippen MR) is 39.4 cm³/mol. The van der Waals surface area contributed by atoms with Crippen LogP contribution >= 0.6 is 0 Å². The van der Waals surface area contributed by atoms with E-state index in [9.17, 15) is 0 Å². The minimum absolute atomic E-state index is 0.603. The lowest BCUT2D eigenvalue weighted by Gasteiger charge is -2.28. The average Bonchev–Trinajstić information content (AvgIpc) is 1.90. The van der Waals surface area contributed by atoms with E-state index >= 15 is 0 Å². The maximum absolute atomic E-state index is 5.57. The summed E-state index contributed by atoms with van der Waals surface area (Å²) >= 11 is 0. The third-order valence-corrected chi connectivity index (χ3v) is 1.88. The molecule has 1 aliphatic rings. The third kappa shape index (κ3) is 1.99. The summed E-state index contributed by atoms with van der Waals surface area (Å²) in [5.41, 5.74) is 0. The standard InChI is InChI=1S/C6H13BN2/c1-9(7)6-2-4-8-5-3-6/h6,8H,2-5H2,1H3. The number of piperidine rings is 1. The first-order valence-electron chi connectivity index (χ1n) is 3.49. The van der Waals surface area contributed by atoms with E-state index in [1.165, 1.54) is 12.8 Å². The molecule has 1 fully saturated rings. The van der Waals surface area contributed by atoms with E-state index in [2.05, 4.69) is 5.32 Å². The summed E-state index contributed by atoms with van der Waals surface area (Å²) in [6.07, 6.45) is 2.38. The Morgan fingerprint density at radius 3 is 2.33 bits per heavy atom. The van der Waals surface area contributed by atoms with Crippen LogP contribution in [0.3, 0.4) is 0 Å². The van der Waals surface area contributed by atoms with Crippen molar-refractivity contribution in [1.82, 2.24) is 10.1 Å².